The maximum absolute atomic E-state index is 13.2. The number of nitrogens with two attached hydrogens (primary N) is 1. The topological polar surface area (TPSA) is 70.9 Å². The van der Waals surface area contributed by atoms with Crippen LogP contribution in [-0.4, -0.2) is 10.9 Å². The minimum atomic E-state index is -0.383. The predicted molar refractivity (Wildman–Crippen MR) is 84.8 cm³/mol. The molecule has 21 heavy (non-hydrogen) atoms. The molecule has 0 radical (unpaired) electrons. The first-order valence-corrected chi connectivity index (χ1v) is 6.97. The van der Waals surface area contributed by atoms with E-state index in [0.717, 1.165) is 10.9 Å². The number of nitrogens with one attached hydrogen (secondary N) is 2. The lowest BCUT2D eigenvalue weighted by Crippen LogP contribution is -2.12. The lowest BCUT2D eigenvalue weighted by Gasteiger charge is -2.04. The van der Waals surface area contributed by atoms with E-state index in [1.807, 2.05) is 12.1 Å². The molecule has 0 fully saturated rings. The number of rotatable bonds is 2. The quantitative estimate of drug-likeness (QED) is 0.615. The van der Waals surface area contributed by atoms with Gasteiger partial charge in [0.15, 0.2) is 0 Å². The molecule has 0 saturated heterocycles. The highest BCUT2D eigenvalue weighted by Gasteiger charge is 2.11. The highest BCUT2D eigenvalue weighted by molar-refractivity contribution is 9.10. The summed E-state index contributed by atoms with van der Waals surface area (Å²) < 4.78 is 13.5. The summed E-state index contributed by atoms with van der Waals surface area (Å²) in [5.74, 6) is -0.699. The Hall–Kier alpha value is -2.34. The minimum Gasteiger partial charge on any atom is -0.397 e. The van der Waals surface area contributed by atoms with Crippen molar-refractivity contribution < 1.29 is 9.18 Å². The summed E-state index contributed by atoms with van der Waals surface area (Å²) in [6.07, 6.45) is 0. The van der Waals surface area contributed by atoms with E-state index in [4.69, 9.17) is 5.73 Å². The van der Waals surface area contributed by atoms with Gasteiger partial charge in [-0.25, -0.2) is 4.39 Å². The largest absolute Gasteiger partial charge is 0.397 e. The number of hydrogen-bond acceptors (Lipinski definition) is 2. The normalized spacial score (nSPS) is 10.8. The first kappa shape index (κ1) is 13.6. The third-order valence-electron chi connectivity index (χ3n) is 3.11. The van der Waals surface area contributed by atoms with Gasteiger partial charge in [0.1, 0.15) is 11.5 Å². The highest BCUT2D eigenvalue weighted by Crippen LogP contribution is 2.23. The molecule has 6 heteroatoms. The van der Waals surface area contributed by atoms with Gasteiger partial charge in [-0.1, -0.05) is 12.1 Å². The van der Waals surface area contributed by atoms with Crippen molar-refractivity contribution in [2.24, 2.45) is 0 Å². The van der Waals surface area contributed by atoms with Crippen molar-refractivity contribution in [3.63, 3.8) is 0 Å². The molecule has 3 rings (SSSR count). The molecule has 1 amide bonds. The number of para-hydroxylation sites is 1. The van der Waals surface area contributed by atoms with Crippen LogP contribution in [0.3, 0.4) is 0 Å². The summed E-state index contributed by atoms with van der Waals surface area (Å²) in [7, 11) is 0. The Morgan fingerprint density at radius 1 is 1.24 bits per heavy atom. The van der Waals surface area contributed by atoms with E-state index in [1.165, 1.54) is 18.2 Å². The number of benzene rings is 2. The van der Waals surface area contributed by atoms with Gasteiger partial charge >= 0.3 is 0 Å². The number of hydrogen-bond donors (Lipinski definition) is 3. The van der Waals surface area contributed by atoms with Gasteiger partial charge in [-0.15, -0.1) is 0 Å². The van der Waals surface area contributed by atoms with Gasteiger partial charge in [0.25, 0.3) is 5.91 Å². The Balaban J connectivity index is 1.90. The second-order valence-electron chi connectivity index (χ2n) is 4.58. The Morgan fingerprint density at radius 3 is 2.76 bits per heavy atom. The number of carbonyl (C=O) groups excluding carboxylic acids is 1. The zero-order valence-corrected chi connectivity index (χ0v) is 12.4. The molecular weight excluding hydrogens is 337 g/mol. The van der Waals surface area contributed by atoms with Crippen molar-refractivity contribution in [1.82, 2.24) is 4.98 Å². The van der Waals surface area contributed by atoms with Gasteiger partial charge in [-0.3, -0.25) is 4.79 Å². The van der Waals surface area contributed by atoms with E-state index in [1.54, 1.807) is 12.1 Å². The van der Waals surface area contributed by atoms with Crippen molar-refractivity contribution in [1.29, 1.82) is 0 Å². The summed E-state index contributed by atoms with van der Waals surface area (Å²) in [4.78, 5) is 15.2. The van der Waals surface area contributed by atoms with Gasteiger partial charge in [-0.2, -0.15) is 0 Å². The average Bonchev–Trinajstić information content (AvgIpc) is 2.89. The van der Waals surface area contributed by atoms with Crippen molar-refractivity contribution in [2.75, 3.05) is 11.1 Å². The minimum absolute atomic E-state index is 0.293. The van der Waals surface area contributed by atoms with Crippen LogP contribution in [0.4, 0.5) is 15.8 Å². The third-order valence-corrected chi connectivity index (χ3v) is 3.72. The second-order valence-corrected chi connectivity index (χ2v) is 5.43. The molecule has 0 bridgehead atoms. The van der Waals surface area contributed by atoms with Crippen LogP contribution in [0.1, 0.15) is 10.5 Å². The molecular formula is C15H11BrFN3O. The molecule has 1 aromatic heterocycles. The Kier molecular flexibility index (Phi) is 3.39. The van der Waals surface area contributed by atoms with Gasteiger partial charge in [-0.05, 0) is 46.3 Å². The molecule has 2 aromatic carbocycles. The summed E-state index contributed by atoms with van der Waals surface area (Å²) in [5.41, 5.74) is 8.04. The van der Waals surface area contributed by atoms with Gasteiger partial charge in [0.2, 0.25) is 0 Å². The molecule has 0 atom stereocenters. The lowest BCUT2D eigenvalue weighted by molar-refractivity contribution is 0.102. The molecule has 0 saturated carbocycles. The molecule has 0 aliphatic carbocycles. The molecule has 4 N–H and O–H groups in total. The summed E-state index contributed by atoms with van der Waals surface area (Å²) in [5, 5.41) is 3.56. The van der Waals surface area contributed by atoms with Crippen LogP contribution >= 0.6 is 15.9 Å². The summed E-state index contributed by atoms with van der Waals surface area (Å²) >= 11 is 3.08. The Bertz CT molecular complexity index is 844. The summed E-state index contributed by atoms with van der Waals surface area (Å²) in [6.45, 7) is 0. The number of fused-ring (bicyclic) bond motifs is 1. The molecule has 0 unspecified atom stereocenters. The number of anilines is 2. The van der Waals surface area contributed by atoms with E-state index < -0.39 is 0 Å². The van der Waals surface area contributed by atoms with Crippen LogP contribution in [-0.2, 0) is 0 Å². The van der Waals surface area contributed by atoms with Gasteiger partial charge < -0.3 is 16.0 Å². The van der Waals surface area contributed by atoms with E-state index in [0.29, 0.717) is 21.5 Å². The first-order valence-electron chi connectivity index (χ1n) is 6.18. The number of H-pyrrole nitrogens is 1. The molecule has 3 aromatic rings. The first-order chi connectivity index (χ1) is 10.0. The Labute approximate surface area is 128 Å². The third kappa shape index (κ3) is 2.62. The average molecular weight is 348 g/mol. The number of aromatic amines is 1. The second kappa shape index (κ2) is 5.21. The summed E-state index contributed by atoms with van der Waals surface area (Å²) in [6, 6.07) is 11.5. The molecule has 1 heterocycles. The van der Waals surface area contributed by atoms with E-state index >= 15 is 0 Å². The molecule has 0 aliphatic heterocycles. The van der Waals surface area contributed by atoms with Crippen LogP contribution in [0.2, 0.25) is 0 Å². The van der Waals surface area contributed by atoms with E-state index in [2.05, 4.69) is 26.2 Å². The smallest absolute Gasteiger partial charge is 0.272 e. The molecule has 4 nitrogen and oxygen atoms in total. The lowest BCUT2D eigenvalue weighted by atomic mass is 10.2. The fourth-order valence-corrected chi connectivity index (χ4v) is 2.45. The van der Waals surface area contributed by atoms with Crippen LogP contribution in [0.5, 0.6) is 0 Å². The maximum atomic E-state index is 13.2. The number of amides is 1. The standard InChI is InChI=1S/C15H11BrFN3O/c16-10-7-9(4-5-11(10)17)19-15(21)13-6-8-2-1-3-12(18)14(8)20-13/h1-7,20H,18H2,(H,19,21). The number of nitrogen functional groups attached to an aromatic ring is 1. The monoisotopic (exact) mass is 347 g/mol. The highest BCUT2D eigenvalue weighted by atomic mass is 79.9. The SMILES string of the molecule is Nc1cccc2cc(C(=O)Nc3ccc(F)c(Br)c3)[nH]c12. The Morgan fingerprint density at radius 2 is 2.05 bits per heavy atom. The van der Waals surface area contributed by atoms with E-state index in [-0.39, 0.29) is 11.7 Å². The number of carbonyl (C=O) groups is 1. The zero-order chi connectivity index (χ0) is 15.0. The number of halogens is 2. The maximum Gasteiger partial charge on any atom is 0.272 e. The van der Waals surface area contributed by atoms with Gasteiger partial charge in [0.05, 0.1) is 15.7 Å². The zero-order valence-electron chi connectivity index (χ0n) is 10.8. The van der Waals surface area contributed by atoms with Crippen molar-refractivity contribution >= 4 is 44.1 Å². The van der Waals surface area contributed by atoms with E-state index in [9.17, 15) is 9.18 Å². The number of aromatic nitrogens is 1. The van der Waals surface area contributed by atoms with Crippen LogP contribution in [0, 0.1) is 5.82 Å². The molecule has 0 aliphatic rings. The fraction of sp³-hybridized carbons (Fsp3) is 0. The van der Waals surface area contributed by atoms with Crippen LogP contribution < -0.4 is 11.1 Å². The van der Waals surface area contributed by atoms with Crippen LogP contribution in [0.25, 0.3) is 10.9 Å². The predicted octanol–water partition coefficient (Wildman–Crippen LogP) is 3.90. The van der Waals surface area contributed by atoms with Crippen molar-refractivity contribution in [3.05, 3.63) is 58.4 Å². The fourth-order valence-electron chi connectivity index (χ4n) is 2.07. The molecule has 0 spiro atoms. The van der Waals surface area contributed by atoms with Crippen LogP contribution in [0.15, 0.2) is 46.9 Å². The van der Waals surface area contributed by atoms with Crippen molar-refractivity contribution in [3.8, 4) is 0 Å². The molecule has 106 valence electrons. The van der Waals surface area contributed by atoms with Crippen molar-refractivity contribution in [2.45, 2.75) is 0 Å². The van der Waals surface area contributed by atoms with Gasteiger partial charge in [0, 0.05) is 11.1 Å².